The molecule has 0 saturated carbocycles. The molecular weight excluding hydrogens is 118 g/mol. The molecule has 0 spiro atoms. The zero-order valence-electron chi connectivity index (χ0n) is 6.09. The van der Waals surface area contributed by atoms with Crippen LogP contribution in [0, 0.1) is 5.92 Å². The van der Waals surface area contributed by atoms with E-state index in [0.717, 1.165) is 0 Å². The SMILES string of the molecule is C[NH2+]C(C(=O)O)C(C)C. The fraction of sp³-hybridized carbons (Fsp3) is 0.833. The van der Waals surface area contributed by atoms with E-state index >= 15 is 0 Å². The van der Waals surface area contributed by atoms with Crippen molar-refractivity contribution in [3.63, 3.8) is 0 Å². The highest BCUT2D eigenvalue weighted by Gasteiger charge is 2.22. The number of nitrogens with two attached hydrogens (primary N) is 1. The summed E-state index contributed by atoms with van der Waals surface area (Å²) in [7, 11) is 1.78. The number of carboxylic acids is 1. The normalized spacial score (nSPS) is 13.8. The van der Waals surface area contributed by atoms with Crippen LogP contribution in [0.25, 0.3) is 0 Å². The lowest BCUT2D eigenvalue weighted by Crippen LogP contribution is -2.89. The van der Waals surface area contributed by atoms with Gasteiger partial charge in [0, 0.05) is 5.92 Å². The molecule has 0 aromatic rings. The lowest BCUT2D eigenvalue weighted by molar-refractivity contribution is -0.657. The monoisotopic (exact) mass is 132 g/mol. The van der Waals surface area contributed by atoms with Gasteiger partial charge in [0.05, 0.1) is 7.05 Å². The van der Waals surface area contributed by atoms with Gasteiger partial charge in [0.2, 0.25) is 0 Å². The highest BCUT2D eigenvalue weighted by atomic mass is 16.4. The number of carboxylic acid groups (broad SMARTS) is 1. The second-order valence-corrected chi connectivity index (χ2v) is 2.44. The maximum absolute atomic E-state index is 10.3. The van der Waals surface area contributed by atoms with Crippen LogP contribution in [0.1, 0.15) is 13.8 Å². The van der Waals surface area contributed by atoms with Crippen LogP contribution < -0.4 is 5.32 Å². The number of rotatable bonds is 3. The molecule has 0 radical (unpaired) electrons. The Morgan fingerprint density at radius 3 is 2.00 bits per heavy atom. The Morgan fingerprint density at radius 1 is 1.56 bits per heavy atom. The van der Waals surface area contributed by atoms with E-state index in [1.165, 1.54) is 0 Å². The van der Waals surface area contributed by atoms with E-state index in [1.54, 1.807) is 12.4 Å². The molecule has 0 aromatic heterocycles. The zero-order chi connectivity index (χ0) is 7.44. The molecule has 0 heterocycles. The van der Waals surface area contributed by atoms with Gasteiger partial charge in [-0.15, -0.1) is 0 Å². The molecule has 0 aromatic carbocycles. The van der Waals surface area contributed by atoms with E-state index in [9.17, 15) is 4.79 Å². The van der Waals surface area contributed by atoms with E-state index in [-0.39, 0.29) is 12.0 Å². The molecule has 3 N–H and O–H groups in total. The largest absolute Gasteiger partial charge is 0.477 e. The first-order valence-electron chi connectivity index (χ1n) is 3.12. The lowest BCUT2D eigenvalue weighted by atomic mass is 10.1. The van der Waals surface area contributed by atoms with Crippen molar-refractivity contribution in [3.05, 3.63) is 0 Å². The molecule has 0 bridgehead atoms. The Balaban J connectivity index is 3.83. The molecule has 54 valence electrons. The Morgan fingerprint density at radius 2 is 2.00 bits per heavy atom. The van der Waals surface area contributed by atoms with Gasteiger partial charge in [-0.3, -0.25) is 0 Å². The Kier molecular flexibility index (Phi) is 3.24. The van der Waals surface area contributed by atoms with E-state index in [4.69, 9.17) is 5.11 Å². The average molecular weight is 132 g/mol. The van der Waals surface area contributed by atoms with Crippen LogP contribution >= 0.6 is 0 Å². The minimum absolute atomic E-state index is 0.201. The number of quaternary nitrogens is 1. The summed E-state index contributed by atoms with van der Waals surface area (Å²) in [5, 5.41) is 10.2. The fourth-order valence-corrected chi connectivity index (χ4v) is 0.813. The van der Waals surface area contributed by atoms with Gasteiger partial charge in [-0.2, -0.15) is 0 Å². The predicted octanol–water partition coefficient (Wildman–Crippen LogP) is -0.711. The quantitative estimate of drug-likeness (QED) is 0.533. The molecule has 0 saturated heterocycles. The molecule has 0 aliphatic heterocycles. The summed E-state index contributed by atoms with van der Waals surface area (Å²) in [5.74, 6) is -0.528. The summed E-state index contributed by atoms with van der Waals surface area (Å²) < 4.78 is 0. The molecule has 1 unspecified atom stereocenters. The molecule has 1 atom stereocenters. The summed E-state index contributed by atoms with van der Waals surface area (Å²) in [4.78, 5) is 10.3. The van der Waals surface area contributed by atoms with Gasteiger partial charge in [-0.25, -0.2) is 4.79 Å². The van der Waals surface area contributed by atoms with Crippen molar-refractivity contribution in [2.24, 2.45) is 5.92 Å². The third kappa shape index (κ3) is 2.46. The first-order chi connectivity index (χ1) is 4.09. The van der Waals surface area contributed by atoms with Crippen molar-refractivity contribution < 1.29 is 15.2 Å². The molecule has 0 aliphatic rings. The molecule has 3 nitrogen and oxygen atoms in total. The average Bonchev–Trinajstić information content (AvgIpc) is 1.64. The van der Waals surface area contributed by atoms with E-state index in [0.29, 0.717) is 0 Å². The minimum atomic E-state index is -0.729. The second-order valence-electron chi connectivity index (χ2n) is 2.44. The number of hydrogen-bond donors (Lipinski definition) is 2. The van der Waals surface area contributed by atoms with E-state index in [2.05, 4.69) is 0 Å². The van der Waals surface area contributed by atoms with Crippen LogP contribution in [0.15, 0.2) is 0 Å². The van der Waals surface area contributed by atoms with Crippen LogP contribution in [0.4, 0.5) is 0 Å². The Hall–Kier alpha value is -0.570. The summed E-state index contributed by atoms with van der Waals surface area (Å²) in [5.41, 5.74) is 0. The standard InChI is InChI=1S/C6H13NO2/c1-4(2)5(7-3)6(8)9/h4-5,7H,1-3H3,(H,8,9)/p+1. The molecule has 3 heteroatoms. The van der Waals surface area contributed by atoms with E-state index in [1.807, 2.05) is 13.8 Å². The van der Waals surface area contributed by atoms with Crippen molar-refractivity contribution in [2.45, 2.75) is 19.9 Å². The zero-order valence-corrected chi connectivity index (χ0v) is 6.09. The summed E-state index contributed by atoms with van der Waals surface area (Å²) in [6, 6.07) is -0.287. The molecule has 0 rings (SSSR count). The third-order valence-electron chi connectivity index (χ3n) is 1.36. The summed E-state index contributed by atoms with van der Waals surface area (Å²) in [6.45, 7) is 3.80. The highest BCUT2D eigenvalue weighted by Crippen LogP contribution is 1.95. The first kappa shape index (κ1) is 8.43. The lowest BCUT2D eigenvalue weighted by Gasteiger charge is -2.10. The van der Waals surface area contributed by atoms with Crippen molar-refractivity contribution >= 4 is 5.97 Å². The molecular formula is C6H14NO2+. The number of aliphatic carboxylic acids is 1. The predicted molar refractivity (Wildman–Crippen MR) is 34.1 cm³/mol. The van der Waals surface area contributed by atoms with Crippen LogP contribution in [0.3, 0.4) is 0 Å². The van der Waals surface area contributed by atoms with Crippen LogP contribution in [-0.4, -0.2) is 24.2 Å². The minimum Gasteiger partial charge on any atom is -0.477 e. The smallest absolute Gasteiger partial charge is 0.362 e. The van der Waals surface area contributed by atoms with Crippen molar-refractivity contribution in [1.82, 2.24) is 0 Å². The van der Waals surface area contributed by atoms with Gasteiger partial charge in [0.15, 0.2) is 6.04 Å². The van der Waals surface area contributed by atoms with Gasteiger partial charge in [-0.05, 0) is 0 Å². The number of carbonyl (C=O) groups is 1. The number of hydrogen-bond acceptors (Lipinski definition) is 1. The van der Waals surface area contributed by atoms with Gasteiger partial charge < -0.3 is 10.4 Å². The maximum Gasteiger partial charge on any atom is 0.362 e. The molecule has 9 heavy (non-hydrogen) atoms. The highest BCUT2D eigenvalue weighted by molar-refractivity contribution is 5.71. The van der Waals surface area contributed by atoms with Crippen LogP contribution in [0.2, 0.25) is 0 Å². The fourth-order valence-electron chi connectivity index (χ4n) is 0.813. The van der Waals surface area contributed by atoms with Crippen molar-refractivity contribution in [1.29, 1.82) is 0 Å². The topological polar surface area (TPSA) is 53.9 Å². The molecule has 0 aliphatic carbocycles. The Labute approximate surface area is 55.1 Å². The first-order valence-corrected chi connectivity index (χ1v) is 3.12. The third-order valence-corrected chi connectivity index (χ3v) is 1.36. The van der Waals surface area contributed by atoms with E-state index < -0.39 is 5.97 Å². The summed E-state index contributed by atoms with van der Waals surface area (Å²) >= 11 is 0. The van der Waals surface area contributed by atoms with Gasteiger partial charge in [0.1, 0.15) is 0 Å². The van der Waals surface area contributed by atoms with Crippen molar-refractivity contribution in [2.75, 3.05) is 7.05 Å². The van der Waals surface area contributed by atoms with Gasteiger partial charge in [0.25, 0.3) is 0 Å². The van der Waals surface area contributed by atoms with Crippen LogP contribution in [-0.2, 0) is 4.79 Å². The Bertz CT molecular complexity index is 101. The number of likely N-dealkylation sites (N-methyl/N-ethyl adjacent to an activating group) is 1. The maximum atomic E-state index is 10.3. The van der Waals surface area contributed by atoms with Gasteiger partial charge in [-0.1, -0.05) is 13.8 Å². The van der Waals surface area contributed by atoms with Crippen LogP contribution in [0.5, 0.6) is 0 Å². The second kappa shape index (κ2) is 3.45. The van der Waals surface area contributed by atoms with Gasteiger partial charge >= 0.3 is 5.97 Å². The summed E-state index contributed by atoms with van der Waals surface area (Å²) in [6.07, 6.45) is 0. The molecule has 0 amide bonds. The van der Waals surface area contributed by atoms with Crippen molar-refractivity contribution in [3.8, 4) is 0 Å². The molecule has 0 fully saturated rings.